The number of ether oxygens (including phenoxy) is 2. The fourth-order valence-electron chi connectivity index (χ4n) is 1.95. The predicted octanol–water partition coefficient (Wildman–Crippen LogP) is 3.00. The Bertz CT molecular complexity index is 862. The van der Waals surface area contributed by atoms with Crippen molar-refractivity contribution < 1.29 is 19.1 Å². The van der Waals surface area contributed by atoms with Crippen LogP contribution in [0.3, 0.4) is 0 Å². The minimum atomic E-state index is -0.458. The average Bonchev–Trinajstić information content (AvgIpc) is 2.65. The van der Waals surface area contributed by atoms with Crippen molar-refractivity contribution in [2.75, 3.05) is 13.2 Å². The van der Waals surface area contributed by atoms with Crippen LogP contribution in [0.25, 0.3) is 0 Å². The van der Waals surface area contributed by atoms with Gasteiger partial charge in [-0.05, 0) is 67.2 Å². The Labute approximate surface area is 184 Å². The number of aryl methyl sites for hydroxylation is 1. The van der Waals surface area contributed by atoms with Crippen molar-refractivity contribution in [2.45, 2.75) is 6.92 Å². The standard InChI is InChI=1S/C18H17Br2N3O4S/c1-11-8-13(20)4-7-15(11)27-9-16(24)21-18(28)23-22-17(25)10-26-14-5-2-12(19)3-6-14/h2-8H,9-10H2,1H3,(H,22,25)(H2,21,23,24,28). The number of nitrogens with one attached hydrogen (secondary N) is 3. The van der Waals surface area contributed by atoms with Gasteiger partial charge >= 0.3 is 0 Å². The normalized spacial score (nSPS) is 9.96. The molecule has 0 spiro atoms. The summed E-state index contributed by atoms with van der Waals surface area (Å²) < 4.78 is 12.6. The van der Waals surface area contributed by atoms with E-state index >= 15 is 0 Å². The van der Waals surface area contributed by atoms with Gasteiger partial charge in [0, 0.05) is 8.95 Å². The maximum Gasteiger partial charge on any atom is 0.276 e. The SMILES string of the molecule is Cc1cc(Br)ccc1OCC(=O)NC(=S)NNC(=O)COc1ccc(Br)cc1. The molecule has 3 N–H and O–H groups in total. The average molecular weight is 531 g/mol. The van der Waals surface area contributed by atoms with Crippen LogP contribution >= 0.6 is 44.1 Å². The van der Waals surface area contributed by atoms with E-state index in [0.29, 0.717) is 11.5 Å². The van der Waals surface area contributed by atoms with Crippen LogP contribution in [-0.2, 0) is 9.59 Å². The van der Waals surface area contributed by atoms with Gasteiger partial charge in [-0.2, -0.15) is 0 Å². The molecular formula is C18H17Br2N3O4S. The Morgan fingerprint density at radius 3 is 2.25 bits per heavy atom. The highest BCUT2D eigenvalue weighted by Crippen LogP contribution is 2.22. The van der Waals surface area contributed by atoms with Gasteiger partial charge in [0.25, 0.3) is 11.8 Å². The number of hydrogen-bond acceptors (Lipinski definition) is 5. The van der Waals surface area contributed by atoms with Gasteiger partial charge in [-0.25, -0.2) is 0 Å². The maximum absolute atomic E-state index is 11.9. The molecule has 0 saturated carbocycles. The number of halogens is 2. The lowest BCUT2D eigenvalue weighted by atomic mass is 10.2. The number of carbonyl (C=O) groups is 2. The predicted molar refractivity (Wildman–Crippen MR) is 116 cm³/mol. The molecule has 0 bridgehead atoms. The van der Waals surface area contributed by atoms with Crippen LogP contribution < -0.4 is 25.6 Å². The molecule has 0 radical (unpaired) electrons. The molecule has 0 heterocycles. The second-order valence-corrected chi connectivity index (χ2v) is 7.73. The number of carbonyl (C=O) groups excluding carboxylic acids is 2. The minimum absolute atomic E-state index is 0.0573. The summed E-state index contributed by atoms with van der Waals surface area (Å²) in [5.41, 5.74) is 5.65. The largest absolute Gasteiger partial charge is 0.484 e. The third-order valence-corrected chi connectivity index (χ3v) is 4.47. The molecule has 28 heavy (non-hydrogen) atoms. The van der Waals surface area contributed by atoms with Crippen molar-refractivity contribution in [3.8, 4) is 11.5 Å². The molecule has 2 aromatic rings. The summed E-state index contributed by atoms with van der Waals surface area (Å²) in [5, 5.41) is 2.35. The zero-order valence-corrected chi connectivity index (χ0v) is 18.7. The molecule has 0 unspecified atom stereocenters. The van der Waals surface area contributed by atoms with E-state index < -0.39 is 11.8 Å². The van der Waals surface area contributed by atoms with Crippen LogP contribution in [0.15, 0.2) is 51.4 Å². The number of amides is 2. The summed E-state index contributed by atoms with van der Waals surface area (Å²) in [7, 11) is 0. The smallest absolute Gasteiger partial charge is 0.276 e. The highest BCUT2D eigenvalue weighted by molar-refractivity contribution is 9.10. The van der Waals surface area contributed by atoms with Crippen LogP contribution in [0.2, 0.25) is 0 Å². The lowest BCUT2D eigenvalue weighted by Gasteiger charge is -2.12. The quantitative estimate of drug-likeness (QED) is 0.393. The molecule has 2 rings (SSSR count). The second kappa shape index (κ2) is 11.0. The summed E-state index contributed by atoms with van der Waals surface area (Å²) in [6.45, 7) is 1.44. The van der Waals surface area contributed by atoms with E-state index in [0.717, 1.165) is 14.5 Å². The van der Waals surface area contributed by atoms with Crippen molar-refractivity contribution in [3.05, 3.63) is 57.0 Å². The highest BCUT2D eigenvalue weighted by atomic mass is 79.9. The molecule has 0 aliphatic heterocycles. The molecule has 0 saturated heterocycles. The third kappa shape index (κ3) is 7.83. The molecule has 2 amide bonds. The molecule has 148 valence electrons. The first-order chi connectivity index (χ1) is 13.3. The summed E-state index contributed by atoms with van der Waals surface area (Å²) in [6, 6.07) is 12.5. The van der Waals surface area contributed by atoms with Crippen molar-refractivity contribution in [1.82, 2.24) is 16.2 Å². The van der Waals surface area contributed by atoms with E-state index in [-0.39, 0.29) is 18.3 Å². The lowest BCUT2D eigenvalue weighted by Crippen LogP contribution is -2.50. The molecule has 0 aromatic heterocycles. The Kier molecular flexibility index (Phi) is 8.68. The van der Waals surface area contributed by atoms with Crippen molar-refractivity contribution in [1.29, 1.82) is 0 Å². The summed E-state index contributed by atoms with van der Waals surface area (Å²) >= 11 is 11.6. The molecule has 2 aromatic carbocycles. The third-order valence-electron chi connectivity index (χ3n) is 3.25. The van der Waals surface area contributed by atoms with Gasteiger partial charge in [0.05, 0.1) is 0 Å². The van der Waals surface area contributed by atoms with Gasteiger partial charge < -0.3 is 9.47 Å². The minimum Gasteiger partial charge on any atom is -0.484 e. The van der Waals surface area contributed by atoms with Gasteiger partial charge in [-0.3, -0.25) is 25.8 Å². The maximum atomic E-state index is 11.9. The van der Waals surface area contributed by atoms with Gasteiger partial charge in [-0.15, -0.1) is 0 Å². The Hall–Kier alpha value is -2.17. The zero-order chi connectivity index (χ0) is 20.5. The first-order valence-electron chi connectivity index (χ1n) is 7.99. The van der Waals surface area contributed by atoms with Crippen molar-refractivity contribution in [3.63, 3.8) is 0 Å². The molecular weight excluding hydrogens is 514 g/mol. The fraction of sp³-hybridized carbons (Fsp3) is 0.167. The van der Waals surface area contributed by atoms with Gasteiger partial charge in [-0.1, -0.05) is 31.9 Å². The van der Waals surface area contributed by atoms with Crippen LogP contribution in [0.4, 0.5) is 0 Å². The van der Waals surface area contributed by atoms with E-state index in [9.17, 15) is 9.59 Å². The Morgan fingerprint density at radius 1 is 0.929 bits per heavy atom. The number of rotatable bonds is 6. The van der Waals surface area contributed by atoms with Gasteiger partial charge in [0.2, 0.25) is 0 Å². The lowest BCUT2D eigenvalue weighted by molar-refractivity contribution is -0.124. The monoisotopic (exact) mass is 529 g/mol. The zero-order valence-electron chi connectivity index (χ0n) is 14.8. The topological polar surface area (TPSA) is 88.7 Å². The number of hydrazine groups is 1. The van der Waals surface area contributed by atoms with Gasteiger partial charge in [0.15, 0.2) is 18.3 Å². The van der Waals surface area contributed by atoms with Crippen molar-refractivity contribution in [2.24, 2.45) is 0 Å². The van der Waals surface area contributed by atoms with E-state index in [1.165, 1.54) is 0 Å². The number of benzene rings is 2. The molecule has 0 aliphatic rings. The van der Waals surface area contributed by atoms with Gasteiger partial charge in [0.1, 0.15) is 11.5 Å². The summed E-state index contributed by atoms with van der Waals surface area (Å²) in [4.78, 5) is 23.6. The van der Waals surface area contributed by atoms with E-state index in [1.807, 2.05) is 19.1 Å². The van der Waals surface area contributed by atoms with Crippen LogP contribution in [0, 0.1) is 6.92 Å². The molecule has 7 nitrogen and oxygen atoms in total. The number of hydrogen-bond donors (Lipinski definition) is 3. The summed E-state index contributed by atoms with van der Waals surface area (Å²) in [5.74, 6) is 0.228. The molecule has 0 fully saturated rings. The van der Waals surface area contributed by atoms with Crippen LogP contribution in [0.1, 0.15) is 5.56 Å². The summed E-state index contributed by atoms with van der Waals surface area (Å²) in [6.07, 6.45) is 0. The van der Waals surface area contributed by atoms with Crippen LogP contribution in [0.5, 0.6) is 11.5 Å². The number of thiocarbonyl (C=S) groups is 1. The van der Waals surface area contributed by atoms with Crippen molar-refractivity contribution >= 4 is 61.0 Å². The first kappa shape index (κ1) is 22.1. The Morgan fingerprint density at radius 2 is 1.57 bits per heavy atom. The molecule has 10 heteroatoms. The molecule has 0 atom stereocenters. The first-order valence-corrected chi connectivity index (χ1v) is 9.99. The Balaban J connectivity index is 1.66. The van der Waals surface area contributed by atoms with Crippen LogP contribution in [-0.4, -0.2) is 30.1 Å². The highest BCUT2D eigenvalue weighted by Gasteiger charge is 2.09. The second-order valence-electron chi connectivity index (χ2n) is 5.49. The van der Waals surface area contributed by atoms with E-state index in [4.69, 9.17) is 21.7 Å². The fourth-order valence-corrected chi connectivity index (χ4v) is 2.86. The van der Waals surface area contributed by atoms with E-state index in [2.05, 4.69) is 48.0 Å². The van der Waals surface area contributed by atoms with E-state index in [1.54, 1.807) is 30.3 Å². The molecule has 0 aliphatic carbocycles.